The van der Waals surface area contributed by atoms with Crippen molar-refractivity contribution in [3.63, 3.8) is 0 Å². The number of halogens is 1. The number of nitrogens with two attached hydrogens (primary N) is 1. The second kappa shape index (κ2) is 5.44. The molecule has 0 bridgehead atoms. The van der Waals surface area contributed by atoms with Crippen LogP contribution in [0.25, 0.3) is 16.7 Å². The molecule has 2 aromatic rings. The number of carbonyl (C=O) groups excluding carboxylic acids is 1. The molecule has 1 aromatic carbocycles. The summed E-state index contributed by atoms with van der Waals surface area (Å²) in [4.78, 5) is 14.6. The van der Waals surface area contributed by atoms with Crippen LogP contribution < -0.4 is 5.73 Å². The first-order valence-electron chi connectivity index (χ1n) is 5.77. The molecular weight excluding hydrogens is 257 g/mol. The number of nitrogens with zero attached hydrogens (tertiary/aromatic N) is 1. The first-order chi connectivity index (χ1) is 9.56. The Morgan fingerprint density at radius 1 is 1.40 bits per heavy atom. The predicted octanol–water partition coefficient (Wildman–Crippen LogP) is 2.95. The minimum Gasteiger partial charge on any atom is -0.383 e. The lowest BCUT2D eigenvalue weighted by Gasteiger charge is -2.08. The van der Waals surface area contributed by atoms with Crippen LogP contribution in [0.2, 0.25) is 0 Å². The van der Waals surface area contributed by atoms with E-state index in [1.807, 2.05) is 0 Å². The van der Waals surface area contributed by atoms with E-state index in [9.17, 15) is 9.18 Å². The fourth-order valence-corrected chi connectivity index (χ4v) is 1.76. The number of pyridine rings is 1. The summed E-state index contributed by atoms with van der Waals surface area (Å²) >= 11 is 0. The fraction of sp³-hybridized carbons (Fsp3) is 0. The molecule has 0 atom stereocenters. The third-order valence-electron chi connectivity index (χ3n) is 2.90. The molecule has 0 amide bonds. The Morgan fingerprint density at radius 2 is 2.15 bits per heavy atom. The van der Waals surface area contributed by atoms with Gasteiger partial charge >= 0.3 is 0 Å². The summed E-state index contributed by atoms with van der Waals surface area (Å²) in [5, 5.41) is 7.18. The van der Waals surface area contributed by atoms with Crippen molar-refractivity contribution in [2.45, 2.75) is 0 Å². The second-order valence-corrected chi connectivity index (χ2v) is 4.18. The Bertz CT molecular complexity index is 710. The third kappa shape index (κ3) is 2.47. The molecule has 0 aliphatic carbocycles. The minimum absolute atomic E-state index is 0.0136. The Kier molecular flexibility index (Phi) is 3.70. The van der Waals surface area contributed by atoms with E-state index < -0.39 is 5.82 Å². The van der Waals surface area contributed by atoms with Gasteiger partial charge in [0.05, 0.1) is 5.56 Å². The highest BCUT2D eigenvalue weighted by molar-refractivity contribution is 6.07. The van der Waals surface area contributed by atoms with E-state index in [4.69, 9.17) is 11.1 Å². The number of carbonyl (C=O) groups is 1. The van der Waals surface area contributed by atoms with Crippen LogP contribution in [-0.4, -0.2) is 17.5 Å². The number of aldehydes is 1. The van der Waals surface area contributed by atoms with Crippen molar-refractivity contribution in [3.05, 3.63) is 54.0 Å². The van der Waals surface area contributed by atoms with E-state index in [0.29, 0.717) is 28.5 Å². The van der Waals surface area contributed by atoms with E-state index in [0.717, 1.165) is 6.21 Å². The molecule has 0 radical (unpaired) electrons. The summed E-state index contributed by atoms with van der Waals surface area (Å²) in [6, 6.07) is 5.89. The Hall–Kier alpha value is -2.82. The van der Waals surface area contributed by atoms with Crippen LogP contribution in [0.3, 0.4) is 0 Å². The van der Waals surface area contributed by atoms with E-state index in [2.05, 4.69) is 11.6 Å². The fourth-order valence-electron chi connectivity index (χ4n) is 1.76. The summed E-state index contributed by atoms with van der Waals surface area (Å²) in [5.74, 6) is -0.377. The Balaban J connectivity index is 2.56. The summed E-state index contributed by atoms with van der Waals surface area (Å²) in [6.07, 6.45) is 3.06. The highest BCUT2D eigenvalue weighted by Gasteiger charge is 2.09. The largest absolute Gasteiger partial charge is 0.383 e. The van der Waals surface area contributed by atoms with Crippen LogP contribution in [-0.2, 0) is 0 Å². The van der Waals surface area contributed by atoms with Crippen LogP contribution in [0.1, 0.15) is 15.9 Å². The number of nitrogens with one attached hydrogen (secondary N) is 1. The van der Waals surface area contributed by atoms with Gasteiger partial charge in [0.25, 0.3) is 0 Å². The van der Waals surface area contributed by atoms with Crippen LogP contribution >= 0.6 is 0 Å². The van der Waals surface area contributed by atoms with Gasteiger partial charge in [0.2, 0.25) is 0 Å². The first kappa shape index (κ1) is 13.6. The molecule has 0 fully saturated rings. The zero-order valence-corrected chi connectivity index (χ0v) is 10.6. The lowest BCUT2D eigenvalue weighted by molar-refractivity contribution is 0.112. The number of nitrogen functional groups attached to an aromatic ring is 1. The van der Waals surface area contributed by atoms with E-state index in [1.54, 1.807) is 12.1 Å². The molecule has 1 aromatic heterocycles. The van der Waals surface area contributed by atoms with Gasteiger partial charge in [0.1, 0.15) is 11.6 Å². The summed E-state index contributed by atoms with van der Waals surface area (Å²) < 4.78 is 13.6. The maximum atomic E-state index is 13.6. The number of rotatable bonds is 4. The molecule has 0 saturated heterocycles. The van der Waals surface area contributed by atoms with E-state index in [-0.39, 0.29) is 11.4 Å². The van der Waals surface area contributed by atoms with Gasteiger partial charge in [-0.05, 0) is 29.3 Å². The first-order valence-corrected chi connectivity index (χ1v) is 5.77. The van der Waals surface area contributed by atoms with Crippen molar-refractivity contribution in [2.24, 2.45) is 0 Å². The molecule has 20 heavy (non-hydrogen) atoms. The zero-order chi connectivity index (χ0) is 14.7. The average Bonchev–Trinajstić information content (AvgIpc) is 2.46. The van der Waals surface area contributed by atoms with Crippen molar-refractivity contribution < 1.29 is 9.18 Å². The SMILES string of the molecule is C=C(C=N)c1cnc(N)c(-c2ccc(C=O)c(F)c2)c1. The van der Waals surface area contributed by atoms with Crippen molar-refractivity contribution in [2.75, 3.05) is 5.73 Å². The third-order valence-corrected chi connectivity index (χ3v) is 2.90. The van der Waals surface area contributed by atoms with Gasteiger partial charge in [0.15, 0.2) is 6.29 Å². The number of aromatic nitrogens is 1. The molecule has 0 saturated carbocycles. The molecule has 100 valence electrons. The van der Waals surface area contributed by atoms with Gasteiger partial charge in [-0.15, -0.1) is 0 Å². The lowest BCUT2D eigenvalue weighted by atomic mass is 10.0. The zero-order valence-electron chi connectivity index (χ0n) is 10.6. The summed E-state index contributed by atoms with van der Waals surface area (Å²) in [7, 11) is 0. The molecule has 5 heteroatoms. The predicted molar refractivity (Wildman–Crippen MR) is 77.2 cm³/mol. The minimum atomic E-state index is -0.617. The molecule has 0 unspecified atom stereocenters. The summed E-state index contributed by atoms with van der Waals surface area (Å²) in [6.45, 7) is 3.71. The standard InChI is InChI=1S/C15H12FN3O/c1-9(6-17)12-4-13(15(18)19-7-12)10-2-3-11(8-20)14(16)5-10/h2-8,17H,1H2,(H2,18,19). The number of benzene rings is 1. The summed E-state index contributed by atoms with van der Waals surface area (Å²) in [5.41, 5.74) is 7.93. The van der Waals surface area contributed by atoms with Crippen LogP contribution in [0.15, 0.2) is 37.0 Å². The van der Waals surface area contributed by atoms with E-state index in [1.165, 1.54) is 18.3 Å². The number of allylic oxidation sites excluding steroid dienone is 1. The molecule has 0 aliphatic heterocycles. The second-order valence-electron chi connectivity index (χ2n) is 4.18. The van der Waals surface area contributed by atoms with Crippen LogP contribution in [0.5, 0.6) is 0 Å². The van der Waals surface area contributed by atoms with Crippen LogP contribution in [0.4, 0.5) is 10.2 Å². The molecule has 0 spiro atoms. The van der Waals surface area contributed by atoms with Gasteiger partial charge in [-0.2, -0.15) is 0 Å². The number of hydrogen-bond donors (Lipinski definition) is 2. The maximum Gasteiger partial charge on any atom is 0.152 e. The molecule has 3 N–H and O–H groups in total. The van der Waals surface area contributed by atoms with Crippen molar-refractivity contribution >= 4 is 23.9 Å². The van der Waals surface area contributed by atoms with E-state index >= 15 is 0 Å². The Morgan fingerprint density at radius 3 is 2.75 bits per heavy atom. The van der Waals surface area contributed by atoms with Gasteiger partial charge in [-0.1, -0.05) is 12.6 Å². The number of anilines is 1. The molecule has 1 heterocycles. The molecule has 0 aliphatic rings. The highest BCUT2D eigenvalue weighted by atomic mass is 19.1. The average molecular weight is 269 g/mol. The maximum absolute atomic E-state index is 13.6. The normalized spacial score (nSPS) is 10.1. The monoisotopic (exact) mass is 269 g/mol. The van der Waals surface area contributed by atoms with Crippen molar-refractivity contribution in [1.29, 1.82) is 5.41 Å². The lowest BCUT2D eigenvalue weighted by Crippen LogP contribution is -1.97. The highest BCUT2D eigenvalue weighted by Crippen LogP contribution is 2.28. The topological polar surface area (TPSA) is 79.8 Å². The molecule has 4 nitrogen and oxygen atoms in total. The number of hydrogen-bond acceptors (Lipinski definition) is 4. The Labute approximate surface area is 115 Å². The smallest absolute Gasteiger partial charge is 0.152 e. The van der Waals surface area contributed by atoms with Crippen LogP contribution in [0, 0.1) is 11.2 Å². The van der Waals surface area contributed by atoms with Gasteiger partial charge in [-0.3, -0.25) is 4.79 Å². The van der Waals surface area contributed by atoms with Crippen molar-refractivity contribution in [1.82, 2.24) is 4.98 Å². The van der Waals surface area contributed by atoms with Gasteiger partial charge in [0, 0.05) is 23.5 Å². The van der Waals surface area contributed by atoms with Gasteiger partial charge in [-0.25, -0.2) is 9.37 Å². The van der Waals surface area contributed by atoms with Gasteiger partial charge < -0.3 is 11.1 Å². The quantitative estimate of drug-likeness (QED) is 0.661. The molecular formula is C15H12FN3O. The molecule has 2 rings (SSSR count). The van der Waals surface area contributed by atoms with Crippen molar-refractivity contribution in [3.8, 4) is 11.1 Å².